The maximum Gasteiger partial charge on any atom is 0.178 e. The van der Waals surface area contributed by atoms with Crippen molar-refractivity contribution in [3.63, 3.8) is 0 Å². The fourth-order valence-electron chi connectivity index (χ4n) is 2.31. The van der Waals surface area contributed by atoms with Crippen LogP contribution in [0.4, 0.5) is 5.69 Å². The predicted molar refractivity (Wildman–Crippen MR) is 81.3 cm³/mol. The molecule has 118 valence electrons. The van der Waals surface area contributed by atoms with Crippen LogP contribution in [0.2, 0.25) is 0 Å². The largest absolute Gasteiger partial charge is 0.497 e. The zero-order valence-corrected chi connectivity index (χ0v) is 13.1. The Morgan fingerprint density at radius 1 is 1.29 bits per heavy atom. The van der Waals surface area contributed by atoms with Crippen LogP contribution in [0.1, 0.15) is 6.42 Å². The number of hydrogen-bond acceptors (Lipinski definition) is 6. The molecular formula is C14H22N2O4S. The summed E-state index contributed by atoms with van der Waals surface area (Å²) >= 11 is 0. The van der Waals surface area contributed by atoms with Crippen LogP contribution in [0.25, 0.3) is 0 Å². The number of sulfone groups is 1. The van der Waals surface area contributed by atoms with Crippen molar-refractivity contribution in [2.24, 2.45) is 0 Å². The number of anilines is 1. The molecule has 1 aromatic carbocycles. The van der Waals surface area contributed by atoms with Gasteiger partial charge in [-0.2, -0.15) is 0 Å². The van der Waals surface area contributed by atoms with Gasteiger partial charge in [0.2, 0.25) is 0 Å². The molecule has 0 aromatic heterocycles. The van der Waals surface area contributed by atoms with Crippen LogP contribution >= 0.6 is 0 Å². The third-order valence-corrected chi connectivity index (χ3v) is 5.27. The minimum Gasteiger partial charge on any atom is -0.497 e. The van der Waals surface area contributed by atoms with Gasteiger partial charge in [-0.1, -0.05) is 0 Å². The Bertz CT molecular complexity index is 568. The minimum atomic E-state index is -3.33. The number of benzene rings is 1. The number of rotatable bonds is 6. The molecule has 0 amide bonds. The molecule has 0 radical (unpaired) electrons. The highest BCUT2D eigenvalue weighted by atomic mass is 32.2. The Morgan fingerprint density at radius 2 is 2.00 bits per heavy atom. The molecule has 7 heteroatoms. The van der Waals surface area contributed by atoms with Crippen molar-refractivity contribution in [2.75, 3.05) is 51.4 Å². The Balaban J connectivity index is 1.96. The third kappa shape index (κ3) is 4.59. The number of ether oxygens (including phenoxy) is 2. The van der Waals surface area contributed by atoms with Crippen molar-refractivity contribution in [1.82, 2.24) is 4.90 Å². The molecule has 1 aliphatic heterocycles. The second-order valence-electron chi connectivity index (χ2n) is 5.07. The van der Waals surface area contributed by atoms with E-state index < -0.39 is 9.84 Å². The summed E-state index contributed by atoms with van der Waals surface area (Å²) in [7, 11) is -1.84. The summed E-state index contributed by atoms with van der Waals surface area (Å²) < 4.78 is 35.0. The van der Waals surface area contributed by atoms with Crippen LogP contribution in [0, 0.1) is 0 Å². The average molecular weight is 314 g/mol. The normalized spacial score (nSPS) is 16.8. The number of morpholine rings is 1. The quantitative estimate of drug-likeness (QED) is 0.781. The number of hydrogen-bond donors (Lipinski definition) is 1. The first-order chi connectivity index (χ1) is 10.0. The SMILES string of the molecule is COc1cc(N)cc(S(=O)(=O)CCCN2CCOCC2)c1. The lowest BCUT2D eigenvalue weighted by Crippen LogP contribution is -2.37. The van der Waals surface area contributed by atoms with Crippen LogP contribution in [0.3, 0.4) is 0 Å². The summed E-state index contributed by atoms with van der Waals surface area (Å²) in [6, 6.07) is 4.60. The number of nitrogens with zero attached hydrogens (tertiary/aromatic N) is 1. The van der Waals surface area contributed by atoms with Gasteiger partial charge in [0.25, 0.3) is 0 Å². The molecule has 0 bridgehead atoms. The molecule has 21 heavy (non-hydrogen) atoms. The molecule has 6 nitrogen and oxygen atoms in total. The van der Waals surface area contributed by atoms with E-state index in [1.54, 1.807) is 6.07 Å². The molecule has 1 aliphatic rings. The second-order valence-corrected chi connectivity index (χ2v) is 7.18. The van der Waals surface area contributed by atoms with Crippen molar-refractivity contribution in [2.45, 2.75) is 11.3 Å². The van der Waals surface area contributed by atoms with Crippen LogP contribution in [-0.4, -0.2) is 59.0 Å². The van der Waals surface area contributed by atoms with E-state index in [0.717, 1.165) is 32.8 Å². The Hall–Kier alpha value is -1.31. The van der Waals surface area contributed by atoms with Gasteiger partial charge >= 0.3 is 0 Å². The van der Waals surface area contributed by atoms with Gasteiger partial charge in [-0.15, -0.1) is 0 Å². The molecule has 0 unspecified atom stereocenters. The van der Waals surface area contributed by atoms with E-state index in [2.05, 4.69) is 4.90 Å². The highest BCUT2D eigenvalue weighted by molar-refractivity contribution is 7.91. The van der Waals surface area contributed by atoms with Crippen molar-refractivity contribution in [3.8, 4) is 5.75 Å². The van der Waals surface area contributed by atoms with E-state index in [0.29, 0.717) is 17.9 Å². The average Bonchev–Trinajstić information content (AvgIpc) is 2.47. The number of methoxy groups -OCH3 is 1. The van der Waals surface area contributed by atoms with Crippen molar-refractivity contribution < 1.29 is 17.9 Å². The summed E-state index contributed by atoms with van der Waals surface area (Å²) in [5.41, 5.74) is 6.10. The van der Waals surface area contributed by atoms with Crippen molar-refractivity contribution in [3.05, 3.63) is 18.2 Å². The van der Waals surface area contributed by atoms with Gasteiger partial charge in [-0.05, 0) is 25.1 Å². The van der Waals surface area contributed by atoms with Gasteiger partial charge in [-0.25, -0.2) is 8.42 Å². The summed E-state index contributed by atoms with van der Waals surface area (Å²) in [5, 5.41) is 0. The van der Waals surface area contributed by atoms with E-state index >= 15 is 0 Å². The first-order valence-electron chi connectivity index (χ1n) is 6.99. The summed E-state index contributed by atoms with van der Waals surface area (Å²) in [4.78, 5) is 2.44. The maximum atomic E-state index is 12.3. The smallest absolute Gasteiger partial charge is 0.178 e. The molecule has 0 spiro atoms. The molecule has 0 atom stereocenters. The molecule has 2 N–H and O–H groups in total. The zero-order chi connectivity index (χ0) is 15.3. The highest BCUT2D eigenvalue weighted by Gasteiger charge is 2.17. The van der Waals surface area contributed by atoms with Crippen LogP contribution in [0.15, 0.2) is 23.1 Å². The summed E-state index contributed by atoms with van der Waals surface area (Å²) in [6.07, 6.45) is 0.597. The molecule has 2 rings (SSSR count). The van der Waals surface area contributed by atoms with E-state index in [9.17, 15) is 8.42 Å². The monoisotopic (exact) mass is 314 g/mol. The zero-order valence-electron chi connectivity index (χ0n) is 12.2. The fourth-order valence-corrected chi connectivity index (χ4v) is 3.67. The Labute approximate surface area is 125 Å². The lowest BCUT2D eigenvalue weighted by atomic mass is 10.3. The molecule has 1 saturated heterocycles. The van der Waals surface area contributed by atoms with Gasteiger partial charge in [0.1, 0.15) is 5.75 Å². The highest BCUT2D eigenvalue weighted by Crippen LogP contribution is 2.23. The van der Waals surface area contributed by atoms with Crippen molar-refractivity contribution >= 4 is 15.5 Å². The summed E-state index contributed by atoms with van der Waals surface area (Å²) in [5.74, 6) is 0.568. The van der Waals surface area contributed by atoms with E-state index in [4.69, 9.17) is 15.2 Å². The second kappa shape index (κ2) is 7.11. The first kappa shape index (κ1) is 16.1. The number of nitrogens with two attached hydrogens (primary N) is 1. The Morgan fingerprint density at radius 3 is 2.67 bits per heavy atom. The van der Waals surface area contributed by atoms with Crippen LogP contribution < -0.4 is 10.5 Å². The van der Waals surface area contributed by atoms with E-state index in [1.807, 2.05) is 0 Å². The van der Waals surface area contributed by atoms with E-state index in [1.165, 1.54) is 19.2 Å². The number of nitrogen functional groups attached to an aromatic ring is 1. The van der Waals surface area contributed by atoms with Gasteiger partial charge < -0.3 is 15.2 Å². The lowest BCUT2D eigenvalue weighted by Gasteiger charge is -2.26. The fraction of sp³-hybridized carbons (Fsp3) is 0.571. The molecule has 1 heterocycles. The molecule has 1 aromatic rings. The van der Waals surface area contributed by atoms with Gasteiger partial charge in [0.15, 0.2) is 9.84 Å². The van der Waals surface area contributed by atoms with Gasteiger partial charge in [-0.3, -0.25) is 4.90 Å². The van der Waals surface area contributed by atoms with Gasteiger partial charge in [0.05, 0.1) is 31.0 Å². The minimum absolute atomic E-state index is 0.108. The lowest BCUT2D eigenvalue weighted by molar-refractivity contribution is 0.0381. The van der Waals surface area contributed by atoms with Crippen LogP contribution in [-0.2, 0) is 14.6 Å². The molecule has 0 aliphatic carbocycles. The van der Waals surface area contributed by atoms with E-state index in [-0.39, 0.29) is 10.6 Å². The Kier molecular flexibility index (Phi) is 5.44. The molecular weight excluding hydrogens is 292 g/mol. The van der Waals surface area contributed by atoms with Gasteiger partial charge in [0, 0.05) is 24.8 Å². The molecule has 1 fully saturated rings. The summed E-state index contributed by atoms with van der Waals surface area (Å²) in [6.45, 7) is 3.94. The third-order valence-electron chi connectivity index (χ3n) is 3.49. The maximum absolute atomic E-state index is 12.3. The van der Waals surface area contributed by atoms with Crippen LogP contribution in [0.5, 0.6) is 5.75 Å². The standard InChI is InChI=1S/C14H22N2O4S/c1-19-13-9-12(15)10-14(11-13)21(17,18)8-2-3-16-4-6-20-7-5-16/h9-11H,2-8,15H2,1H3. The topological polar surface area (TPSA) is 81.9 Å². The molecule has 0 saturated carbocycles. The first-order valence-corrected chi connectivity index (χ1v) is 8.64. The predicted octanol–water partition coefficient (Wildman–Crippen LogP) is 0.773. The van der Waals surface area contributed by atoms with Crippen molar-refractivity contribution in [1.29, 1.82) is 0 Å².